The van der Waals surface area contributed by atoms with E-state index in [0.717, 1.165) is 25.7 Å². The van der Waals surface area contributed by atoms with Crippen LogP contribution >= 0.6 is 0 Å². The molecular weight excluding hydrogens is 248 g/mol. The van der Waals surface area contributed by atoms with Crippen molar-refractivity contribution >= 4 is 5.69 Å². The van der Waals surface area contributed by atoms with Gasteiger partial charge in [-0.3, -0.25) is 0 Å². The summed E-state index contributed by atoms with van der Waals surface area (Å²) >= 11 is 0. The van der Waals surface area contributed by atoms with E-state index in [1.165, 1.54) is 43.5 Å². The van der Waals surface area contributed by atoms with Crippen LogP contribution in [0.4, 0.5) is 5.69 Å². The van der Waals surface area contributed by atoms with Gasteiger partial charge in [-0.15, -0.1) is 0 Å². The molecule has 1 aliphatic carbocycles. The molecule has 1 fully saturated rings. The van der Waals surface area contributed by atoms with E-state index in [-0.39, 0.29) is 0 Å². The number of anilines is 1. The van der Waals surface area contributed by atoms with Crippen molar-refractivity contribution in [1.29, 1.82) is 0 Å². The van der Waals surface area contributed by atoms with Crippen LogP contribution in [-0.2, 0) is 11.3 Å². The second kappa shape index (κ2) is 8.28. The van der Waals surface area contributed by atoms with Crippen LogP contribution in [0.3, 0.4) is 0 Å². The molecule has 0 atom stereocenters. The van der Waals surface area contributed by atoms with Crippen molar-refractivity contribution in [3.8, 4) is 0 Å². The molecule has 112 valence electrons. The fourth-order valence-corrected chi connectivity index (χ4v) is 2.55. The SMILES string of the molecule is CCCCN(c1ccccc1CNCCOC)C1CC1. The molecule has 0 saturated heterocycles. The standard InChI is InChI=1S/C17H28N2O/c1-3-4-12-19(16-9-10-16)17-8-6-5-7-15(17)14-18-11-13-20-2/h5-8,16,18H,3-4,9-14H2,1-2H3. The molecule has 2 rings (SSSR count). The van der Waals surface area contributed by atoms with Crippen molar-refractivity contribution in [2.75, 3.05) is 31.7 Å². The minimum absolute atomic E-state index is 0.768. The van der Waals surface area contributed by atoms with E-state index in [4.69, 9.17) is 4.74 Å². The average molecular weight is 276 g/mol. The van der Waals surface area contributed by atoms with Gasteiger partial charge in [-0.2, -0.15) is 0 Å². The molecule has 0 bridgehead atoms. The van der Waals surface area contributed by atoms with Gasteiger partial charge in [0.05, 0.1) is 6.61 Å². The van der Waals surface area contributed by atoms with Gasteiger partial charge in [0.2, 0.25) is 0 Å². The summed E-state index contributed by atoms with van der Waals surface area (Å²) in [5, 5.41) is 3.46. The van der Waals surface area contributed by atoms with E-state index in [1.54, 1.807) is 7.11 Å². The molecule has 0 amide bonds. The summed E-state index contributed by atoms with van der Waals surface area (Å²) in [4.78, 5) is 2.62. The lowest BCUT2D eigenvalue weighted by Crippen LogP contribution is -2.29. The van der Waals surface area contributed by atoms with Crippen LogP contribution < -0.4 is 10.2 Å². The average Bonchev–Trinajstić information content (AvgIpc) is 3.30. The molecule has 0 aromatic heterocycles. The molecule has 0 heterocycles. The lowest BCUT2D eigenvalue weighted by molar-refractivity contribution is 0.199. The molecule has 1 aromatic rings. The molecule has 1 saturated carbocycles. The molecule has 3 nitrogen and oxygen atoms in total. The van der Waals surface area contributed by atoms with E-state index < -0.39 is 0 Å². The third-order valence-corrected chi connectivity index (χ3v) is 3.84. The van der Waals surface area contributed by atoms with Gasteiger partial charge in [-0.05, 0) is 30.9 Å². The highest BCUT2D eigenvalue weighted by atomic mass is 16.5. The van der Waals surface area contributed by atoms with Crippen LogP contribution in [-0.4, -0.2) is 32.8 Å². The van der Waals surface area contributed by atoms with Gasteiger partial charge >= 0.3 is 0 Å². The predicted octanol–water partition coefficient (Wildman–Crippen LogP) is 3.19. The fourth-order valence-electron chi connectivity index (χ4n) is 2.55. The van der Waals surface area contributed by atoms with E-state index in [1.807, 2.05) is 0 Å². The first kappa shape index (κ1) is 15.3. The van der Waals surface area contributed by atoms with Gasteiger partial charge < -0.3 is 15.0 Å². The molecule has 0 unspecified atom stereocenters. The first-order valence-electron chi connectivity index (χ1n) is 7.91. The molecule has 0 aliphatic heterocycles. The molecule has 0 spiro atoms. The van der Waals surface area contributed by atoms with Crippen LogP contribution in [0.1, 0.15) is 38.2 Å². The zero-order chi connectivity index (χ0) is 14.2. The Morgan fingerprint density at radius 1 is 1.30 bits per heavy atom. The van der Waals surface area contributed by atoms with Crippen LogP contribution in [0, 0.1) is 0 Å². The molecular formula is C17H28N2O. The quantitative estimate of drug-likeness (QED) is 0.664. The van der Waals surface area contributed by atoms with Crippen molar-refractivity contribution in [1.82, 2.24) is 5.32 Å². The minimum atomic E-state index is 0.768. The molecule has 0 radical (unpaired) electrons. The Bertz CT molecular complexity index is 390. The van der Waals surface area contributed by atoms with E-state index in [0.29, 0.717) is 0 Å². The molecule has 1 aromatic carbocycles. The van der Waals surface area contributed by atoms with Gasteiger partial charge in [0.1, 0.15) is 0 Å². The first-order chi connectivity index (χ1) is 9.86. The number of para-hydroxylation sites is 1. The number of nitrogens with one attached hydrogen (secondary N) is 1. The topological polar surface area (TPSA) is 24.5 Å². The van der Waals surface area contributed by atoms with Crippen molar-refractivity contribution in [3.63, 3.8) is 0 Å². The lowest BCUT2D eigenvalue weighted by atomic mass is 10.1. The number of hydrogen-bond donors (Lipinski definition) is 1. The fraction of sp³-hybridized carbons (Fsp3) is 0.647. The summed E-state index contributed by atoms with van der Waals surface area (Å²) < 4.78 is 5.09. The summed E-state index contributed by atoms with van der Waals surface area (Å²) in [5.74, 6) is 0. The Hall–Kier alpha value is -1.06. The monoisotopic (exact) mass is 276 g/mol. The number of methoxy groups -OCH3 is 1. The van der Waals surface area contributed by atoms with Gasteiger partial charge in [0.25, 0.3) is 0 Å². The highest BCUT2D eigenvalue weighted by Gasteiger charge is 2.29. The van der Waals surface area contributed by atoms with Crippen molar-refractivity contribution in [2.45, 2.75) is 45.2 Å². The molecule has 20 heavy (non-hydrogen) atoms. The van der Waals surface area contributed by atoms with Crippen molar-refractivity contribution < 1.29 is 4.74 Å². The Morgan fingerprint density at radius 2 is 2.10 bits per heavy atom. The summed E-state index contributed by atoms with van der Waals surface area (Å²) in [7, 11) is 1.75. The smallest absolute Gasteiger partial charge is 0.0587 e. The highest BCUT2D eigenvalue weighted by molar-refractivity contribution is 5.55. The van der Waals surface area contributed by atoms with Crippen LogP contribution in [0.25, 0.3) is 0 Å². The van der Waals surface area contributed by atoms with Gasteiger partial charge in [-0.25, -0.2) is 0 Å². The normalized spacial score (nSPS) is 14.5. The number of nitrogens with zero attached hydrogens (tertiary/aromatic N) is 1. The maximum atomic E-state index is 5.09. The van der Waals surface area contributed by atoms with Crippen LogP contribution in [0.5, 0.6) is 0 Å². The zero-order valence-corrected chi connectivity index (χ0v) is 12.9. The predicted molar refractivity (Wildman–Crippen MR) is 85.3 cm³/mol. The Kier molecular flexibility index (Phi) is 6.34. The Morgan fingerprint density at radius 3 is 2.80 bits per heavy atom. The van der Waals surface area contributed by atoms with Gasteiger partial charge in [0, 0.05) is 38.5 Å². The van der Waals surface area contributed by atoms with E-state index in [2.05, 4.69) is 41.4 Å². The van der Waals surface area contributed by atoms with Gasteiger partial charge in [-0.1, -0.05) is 31.5 Å². The number of hydrogen-bond acceptors (Lipinski definition) is 3. The minimum Gasteiger partial charge on any atom is -0.383 e. The molecule has 3 heteroatoms. The zero-order valence-electron chi connectivity index (χ0n) is 12.9. The molecule has 1 N–H and O–H groups in total. The Balaban J connectivity index is 2.00. The number of benzene rings is 1. The van der Waals surface area contributed by atoms with E-state index >= 15 is 0 Å². The van der Waals surface area contributed by atoms with Crippen molar-refractivity contribution in [3.05, 3.63) is 29.8 Å². The first-order valence-corrected chi connectivity index (χ1v) is 7.91. The lowest BCUT2D eigenvalue weighted by Gasteiger charge is -2.27. The second-order valence-electron chi connectivity index (χ2n) is 5.58. The summed E-state index contributed by atoms with van der Waals surface area (Å²) in [6.45, 7) is 6.06. The summed E-state index contributed by atoms with van der Waals surface area (Å²) in [6, 6.07) is 9.61. The Labute approximate surface area is 123 Å². The summed E-state index contributed by atoms with van der Waals surface area (Å²) in [6.07, 6.45) is 5.25. The van der Waals surface area contributed by atoms with Crippen LogP contribution in [0.2, 0.25) is 0 Å². The van der Waals surface area contributed by atoms with Crippen molar-refractivity contribution in [2.24, 2.45) is 0 Å². The third-order valence-electron chi connectivity index (χ3n) is 3.84. The van der Waals surface area contributed by atoms with E-state index in [9.17, 15) is 0 Å². The summed E-state index contributed by atoms with van der Waals surface area (Å²) in [5.41, 5.74) is 2.83. The number of unbranched alkanes of at least 4 members (excludes halogenated alkanes) is 1. The number of rotatable bonds is 10. The maximum absolute atomic E-state index is 5.09. The highest BCUT2D eigenvalue weighted by Crippen LogP contribution is 2.33. The van der Waals surface area contributed by atoms with Crippen LogP contribution in [0.15, 0.2) is 24.3 Å². The largest absolute Gasteiger partial charge is 0.383 e. The van der Waals surface area contributed by atoms with Gasteiger partial charge in [0.15, 0.2) is 0 Å². The molecule has 1 aliphatic rings. The third kappa shape index (κ3) is 4.50. The maximum Gasteiger partial charge on any atom is 0.0587 e. The number of ether oxygens (including phenoxy) is 1. The second-order valence-corrected chi connectivity index (χ2v) is 5.58.